The number of rotatable bonds is 6. The van der Waals surface area contributed by atoms with Crippen molar-refractivity contribution in [2.45, 2.75) is 60.6 Å². The number of ether oxygens (including phenoxy) is 2. The van der Waals surface area contributed by atoms with Crippen molar-refractivity contribution in [2.24, 2.45) is 0 Å². The van der Waals surface area contributed by atoms with E-state index < -0.39 is 11.7 Å². The molecule has 0 radical (unpaired) electrons. The summed E-state index contributed by atoms with van der Waals surface area (Å²) in [6.07, 6.45) is 3.69. The first-order valence-electron chi connectivity index (χ1n) is 11.4. The number of nitrogens with one attached hydrogen (secondary N) is 1. The van der Waals surface area contributed by atoms with E-state index in [2.05, 4.69) is 5.32 Å². The molecule has 2 aromatic carbocycles. The molecule has 0 bridgehead atoms. The molecule has 33 heavy (non-hydrogen) atoms. The van der Waals surface area contributed by atoms with Crippen LogP contribution < -0.4 is 10.1 Å². The van der Waals surface area contributed by atoms with Gasteiger partial charge in [0.25, 0.3) is 0 Å². The van der Waals surface area contributed by atoms with Gasteiger partial charge in [0.05, 0.1) is 20.3 Å². The zero-order valence-corrected chi connectivity index (χ0v) is 21.5. The minimum Gasteiger partial charge on any atom is -0.497 e. The smallest absolute Gasteiger partial charge is 0.407 e. The topological polar surface area (TPSA) is 88.0 Å². The van der Waals surface area contributed by atoms with E-state index in [9.17, 15) is 4.79 Å². The van der Waals surface area contributed by atoms with Crippen LogP contribution >= 0.6 is 0 Å². The summed E-state index contributed by atoms with van der Waals surface area (Å²) in [5, 5.41) is 18.0. The molecule has 1 amide bonds. The number of hydrogen-bond acceptors (Lipinski definition) is 5. The minimum atomic E-state index is -0.486. The lowest BCUT2D eigenvalue weighted by atomic mass is 10.1. The van der Waals surface area contributed by atoms with E-state index in [-0.39, 0.29) is 13.2 Å². The van der Waals surface area contributed by atoms with Gasteiger partial charge in [-0.1, -0.05) is 76.2 Å². The normalized spacial score (nSPS) is 9.88. The monoisotopic (exact) mass is 461 g/mol. The number of aliphatic hydroxyl groups excluding tert-OH is 2. The molecule has 0 heterocycles. The van der Waals surface area contributed by atoms with E-state index in [1.807, 2.05) is 109 Å². The first-order valence-corrected chi connectivity index (χ1v) is 11.4. The fourth-order valence-corrected chi connectivity index (χ4v) is 2.14. The van der Waals surface area contributed by atoms with Crippen LogP contribution in [0.5, 0.6) is 5.75 Å². The molecular weight excluding hydrogens is 418 g/mol. The Morgan fingerprint density at radius 1 is 0.848 bits per heavy atom. The Hall–Kier alpha value is -2.83. The van der Waals surface area contributed by atoms with E-state index >= 15 is 0 Å². The molecule has 2 aromatic rings. The molecule has 3 N–H and O–H groups in total. The van der Waals surface area contributed by atoms with Crippen LogP contribution in [0.4, 0.5) is 4.79 Å². The van der Waals surface area contributed by atoms with Gasteiger partial charge in [-0.3, -0.25) is 0 Å². The fraction of sp³-hybridized carbons (Fsp3) is 0.444. The van der Waals surface area contributed by atoms with Gasteiger partial charge in [-0.25, -0.2) is 4.79 Å². The number of benzene rings is 2. The molecule has 0 aromatic heterocycles. The Kier molecular flexibility index (Phi) is 19.4. The molecule has 0 aliphatic rings. The van der Waals surface area contributed by atoms with Crippen molar-refractivity contribution in [3.8, 4) is 5.75 Å². The highest BCUT2D eigenvalue weighted by atomic mass is 16.6. The maximum atomic E-state index is 11.7. The Balaban J connectivity index is 0. The van der Waals surface area contributed by atoms with Crippen molar-refractivity contribution in [1.82, 2.24) is 5.32 Å². The van der Waals surface area contributed by atoms with Crippen molar-refractivity contribution < 1.29 is 24.5 Å². The zero-order valence-electron chi connectivity index (χ0n) is 21.5. The Morgan fingerprint density at radius 3 is 1.64 bits per heavy atom. The average molecular weight is 462 g/mol. The molecule has 6 heteroatoms. The first kappa shape index (κ1) is 32.4. The first-order chi connectivity index (χ1) is 15.8. The van der Waals surface area contributed by atoms with E-state index in [0.29, 0.717) is 6.54 Å². The second-order valence-corrected chi connectivity index (χ2v) is 7.15. The summed E-state index contributed by atoms with van der Waals surface area (Å²) in [5.41, 5.74) is 2.74. The second-order valence-electron chi connectivity index (χ2n) is 7.15. The summed E-state index contributed by atoms with van der Waals surface area (Å²) in [6.45, 7) is 13.7. The Labute approximate surface area is 200 Å². The molecule has 0 atom stereocenters. The van der Waals surface area contributed by atoms with Gasteiger partial charge >= 0.3 is 6.09 Å². The predicted octanol–water partition coefficient (Wildman–Crippen LogP) is 5.91. The number of amides is 1. The van der Waals surface area contributed by atoms with Crippen molar-refractivity contribution >= 4 is 18.2 Å². The SMILES string of the molecule is CC.CC.COc1ccc(/C=C/c2ccc(CNC(=O)OC(C)(C)C)cc2)cc1.OCCO. The highest BCUT2D eigenvalue weighted by Gasteiger charge is 2.15. The van der Waals surface area contributed by atoms with Crippen LogP contribution in [-0.4, -0.2) is 42.2 Å². The summed E-state index contributed by atoms with van der Waals surface area (Å²) >= 11 is 0. The Morgan fingerprint density at radius 2 is 1.27 bits per heavy atom. The molecule has 6 nitrogen and oxygen atoms in total. The van der Waals surface area contributed by atoms with Crippen LogP contribution in [0.1, 0.15) is 65.2 Å². The number of hydrogen-bond donors (Lipinski definition) is 3. The third-order valence-electron chi connectivity index (χ3n) is 3.50. The predicted molar refractivity (Wildman–Crippen MR) is 138 cm³/mol. The number of aliphatic hydroxyl groups is 2. The summed E-state index contributed by atoms with van der Waals surface area (Å²) in [6, 6.07) is 15.9. The molecule has 0 aliphatic heterocycles. The molecule has 0 aliphatic carbocycles. The summed E-state index contributed by atoms with van der Waals surface area (Å²) in [7, 11) is 1.66. The summed E-state index contributed by atoms with van der Waals surface area (Å²) < 4.78 is 10.4. The average Bonchev–Trinajstić information content (AvgIpc) is 2.84. The lowest BCUT2D eigenvalue weighted by Gasteiger charge is -2.19. The second kappa shape index (κ2) is 19.8. The molecular formula is C27H43NO5. The zero-order chi connectivity index (χ0) is 25.7. The lowest BCUT2D eigenvalue weighted by molar-refractivity contribution is 0.0523. The highest BCUT2D eigenvalue weighted by molar-refractivity contribution is 5.70. The minimum absolute atomic E-state index is 0.125. The van der Waals surface area contributed by atoms with Crippen molar-refractivity contribution in [1.29, 1.82) is 0 Å². The molecule has 0 fully saturated rings. The largest absolute Gasteiger partial charge is 0.497 e. The van der Waals surface area contributed by atoms with Crippen LogP contribution in [0, 0.1) is 0 Å². The molecule has 0 unspecified atom stereocenters. The molecule has 0 spiro atoms. The van der Waals surface area contributed by atoms with Crippen LogP contribution in [0.15, 0.2) is 48.5 Å². The van der Waals surface area contributed by atoms with E-state index in [4.69, 9.17) is 19.7 Å². The quantitative estimate of drug-likeness (QED) is 0.465. The van der Waals surface area contributed by atoms with Gasteiger partial charge in [-0.15, -0.1) is 0 Å². The van der Waals surface area contributed by atoms with Crippen molar-refractivity contribution in [3.05, 3.63) is 65.2 Å². The lowest BCUT2D eigenvalue weighted by Crippen LogP contribution is -2.32. The number of carbonyl (C=O) groups is 1. The number of methoxy groups -OCH3 is 1. The molecule has 0 saturated heterocycles. The molecule has 2 rings (SSSR count). The van der Waals surface area contributed by atoms with Gasteiger partial charge in [0, 0.05) is 6.54 Å². The van der Waals surface area contributed by atoms with Gasteiger partial charge < -0.3 is 25.0 Å². The van der Waals surface area contributed by atoms with Crippen molar-refractivity contribution in [3.63, 3.8) is 0 Å². The van der Waals surface area contributed by atoms with Crippen LogP contribution in [0.2, 0.25) is 0 Å². The fourth-order valence-electron chi connectivity index (χ4n) is 2.14. The standard InChI is InChI=1S/C21H25NO3.C2H6O2.2C2H6/c1-21(2,3)25-20(23)22-15-18-9-7-16(8-10-18)5-6-17-11-13-19(24-4)14-12-17;3-1-2-4;2*1-2/h5-14H,15H2,1-4H3,(H,22,23);3-4H,1-2H2;2*1-2H3/b6-5+;;;. The summed E-state index contributed by atoms with van der Waals surface area (Å²) in [5.74, 6) is 0.846. The van der Waals surface area contributed by atoms with E-state index in [1.54, 1.807) is 7.11 Å². The highest BCUT2D eigenvalue weighted by Crippen LogP contribution is 2.14. The number of alkyl carbamates (subject to hydrolysis) is 1. The van der Waals surface area contributed by atoms with E-state index in [0.717, 1.165) is 22.4 Å². The van der Waals surface area contributed by atoms with E-state index in [1.165, 1.54) is 0 Å². The van der Waals surface area contributed by atoms with Crippen molar-refractivity contribution in [2.75, 3.05) is 20.3 Å². The molecule has 0 saturated carbocycles. The van der Waals surface area contributed by atoms with Gasteiger partial charge in [-0.05, 0) is 49.6 Å². The van der Waals surface area contributed by atoms with Gasteiger partial charge in [0.2, 0.25) is 0 Å². The summed E-state index contributed by atoms with van der Waals surface area (Å²) in [4.78, 5) is 11.7. The third-order valence-corrected chi connectivity index (χ3v) is 3.50. The Bertz CT molecular complexity index is 746. The number of carbonyl (C=O) groups excluding carboxylic acids is 1. The maximum Gasteiger partial charge on any atom is 0.407 e. The van der Waals surface area contributed by atoms with Gasteiger partial charge in [-0.2, -0.15) is 0 Å². The van der Waals surface area contributed by atoms with Gasteiger partial charge in [0.15, 0.2) is 0 Å². The van der Waals surface area contributed by atoms with Crippen LogP contribution in [0.25, 0.3) is 12.2 Å². The maximum absolute atomic E-state index is 11.7. The third kappa shape index (κ3) is 17.4. The van der Waals surface area contributed by atoms with Crippen LogP contribution in [0.3, 0.4) is 0 Å². The van der Waals surface area contributed by atoms with Gasteiger partial charge in [0.1, 0.15) is 11.4 Å². The van der Waals surface area contributed by atoms with Crippen LogP contribution in [-0.2, 0) is 11.3 Å². The molecule has 186 valence electrons.